The fourth-order valence-electron chi connectivity index (χ4n) is 7.08. The molecule has 7 rings (SSSR count). The van der Waals surface area contributed by atoms with E-state index in [4.69, 9.17) is 0 Å². The van der Waals surface area contributed by atoms with Gasteiger partial charge in [-0.15, -0.1) is 0 Å². The Morgan fingerprint density at radius 2 is 1.17 bits per heavy atom. The smallest absolute Gasteiger partial charge is 0.0559 e. The maximum absolute atomic E-state index is 2.57. The Kier molecular flexibility index (Phi) is 9.00. The van der Waals surface area contributed by atoms with Gasteiger partial charge >= 0.3 is 0 Å². The molecule has 3 heteroatoms. The van der Waals surface area contributed by atoms with E-state index in [0.717, 1.165) is 32.1 Å². The van der Waals surface area contributed by atoms with Crippen LogP contribution in [0.5, 0.6) is 0 Å². The molecule has 0 saturated heterocycles. The van der Waals surface area contributed by atoms with Crippen LogP contribution in [0.25, 0.3) is 0 Å². The predicted octanol–water partition coefficient (Wildman–Crippen LogP) is 10.7. The quantitative estimate of drug-likeness (QED) is 0.242. The Labute approximate surface area is 274 Å². The number of rotatable bonds is 9. The summed E-state index contributed by atoms with van der Waals surface area (Å²) >= 11 is 0. The largest absolute Gasteiger partial charge is 0.338 e. The number of anilines is 4. The van der Waals surface area contributed by atoms with Gasteiger partial charge < -0.3 is 14.7 Å². The fraction of sp³-hybridized carbons (Fsp3) is 0.209. The maximum atomic E-state index is 2.57. The van der Waals surface area contributed by atoms with Crippen molar-refractivity contribution in [2.45, 2.75) is 57.2 Å². The minimum absolute atomic E-state index is 0.263. The molecule has 4 aliphatic rings. The van der Waals surface area contributed by atoms with Crippen LogP contribution in [0.4, 0.5) is 22.7 Å². The summed E-state index contributed by atoms with van der Waals surface area (Å²) in [4.78, 5) is 7.54. The molecule has 230 valence electrons. The van der Waals surface area contributed by atoms with Gasteiger partial charge in [-0.05, 0) is 99.2 Å². The Balaban J connectivity index is 1.19. The molecule has 0 N–H and O–H groups in total. The van der Waals surface area contributed by atoms with Crippen molar-refractivity contribution in [2.75, 3.05) is 14.7 Å². The van der Waals surface area contributed by atoms with E-state index in [1.165, 1.54) is 39.7 Å². The summed E-state index contributed by atoms with van der Waals surface area (Å²) in [7, 11) is 0. The van der Waals surface area contributed by atoms with Gasteiger partial charge in [0.05, 0.1) is 18.1 Å². The molecule has 0 aromatic heterocycles. The third-order valence-electron chi connectivity index (χ3n) is 9.36. The number of allylic oxidation sites excluding steroid dienone is 9. The van der Waals surface area contributed by atoms with E-state index < -0.39 is 0 Å². The van der Waals surface area contributed by atoms with Gasteiger partial charge in [0.2, 0.25) is 0 Å². The number of hydrogen-bond donors (Lipinski definition) is 0. The Hall–Kier alpha value is -5.02. The zero-order valence-electron chi connectivity index (χ0n) is 26.7. The fourth-order valence-corrected chi connectivity index (χ4v) is 7.08. The van der Waals surface area contributed by atoms with Gasteiger partial charge in [-0.25, -0.2) is 0 Å². The van der Waals surface area contributed by atoms with Crippen molar-refractivity contribution < 1.29 is 0 Å². The minimum Gasteiger partial charge on any atom is -0.338 e. The molecule has 0 bridgehead atoms. The van der Waals surface area contributed by atoms with Crippen LogP contribution in [0.3, 0.4) is 0 Å². The first-order valence-corrected chi connectivity index (χ1v) is 16.8. The van der Waals surface area contributed by atoms with Crippen molar-refractivity contribution in [1.29, 1.82) is 0 Å². The highest BCUT2D eigenvalue weighted by Gasteiger charge is 2.27. The number of nitrogens with zero attached hydrogens (tertiary/aromatic N) is 3. The van der Waals surface area contributed by atoms with E-state index in [0.29, 0.717) is 0 Å². The van der Waals surface area contributed by atoms with Crippen LogP contribution >= 0.6 is 0 Å². The van der Waals surface area contributed by atoms with E-state index in [-0.39, 0.29) is 18.1 Å². The third-order valence-corrected chi connectivity index (χ3v) is 9.36. The van der Waals surface area contributed by atoms with Crippen LogP contribution in [-0.2, 0) is 0 Å². The highest BCUT2D eigenvalue weighted by Crippen LogP contribution is 2.37. The molecule has 3 nitrogen and oxygen atoms in total. The second kappa shape index (κ2) is 14.0. The monoisotopic (exact) mass is 601 g/mol. The molecule has 3 aromatic rings. The van der Waals surface area contributed by atoms with Gasteiger partial charge in [0.1, 0.15) is 0 Å². The van der Waals surface area contributed by atoms with E-state index in [2.05, 4.69) is 186 Å². The van der Waals surface area contributed by atoms with Crippen molar-refractivity contribution in [3.8, 4) is 0 Å². The Bertz CT molecular complexity index is 1750. The minimum atomic E-state index is 0.263. The topological polar surface area (TPSA) is 9.72 Å². The molecular formula is C43H43N3. The van der Waals surface area contributed by atoms with Crippen LogP contribution in [0.1, 0.15) is 37.7 Å². The number of aryl methyl sites for hydroxylation is 1. The van der Waals surface area contributed by atoms with Gasteiger partial charge in [0, 0.05) is 34.1 Å². The van der Waals surface area contributed by atoms with Crippen molar-refractivity contribution >= 4 is 22.7 Å². The van der Waals surface area contributed by atoms with Gasteiger partial charge in [-0.2, -0.15) is 0 Å². The van der Waals surface area contributed by atoms with Gasteiger partial charge in [0.15, 0.2) is 0 Å². The highest BCUT2D eigenvalue weighted by molar-refractivity contribution is 5.69. The average Bonchev–Trinajstić information content (AvgIpc) is 3.13. The molecule has 0 heterocycles. The lowest BCUT2D eigenvalue weighted by molar-refractivity contribution is 0.700. The van der Waals surface area contributed by atoms with Crippen molar-refractivity contribution in [3.63, 3.8) is 0 Å². The standard InChI is InChI=1S/C43H43N3/c1-34-16-14-15-25-43(34)46(38-23-12-5-13-24-38)42-32-30-41(31-33-42)45(37-21-10-4-11-22-37)40-28-26-39(27-29-40)44(35-17-6-2-7-18-35)36-19-8-3-9-20-36/h2-12,14-19,21,23,25-32,36-37,42H,13,20,22,24,33H2,1H3. The summed E-state index contributed by atoms with van der Waals surface area (Å²) < 4.78 is 0. The normalized spacial score (nSPS) is 21.5. The summed E-state index contributed by atoms with van der Waals surface area (Å²) in [6.07, 6.45) is 36.9. The summed E-state index contributed by atoms with van der Waals surface area (Å²) in [5, 5.41) is 0. The first-order valence-electron chi connectivity index (χ1n) is 16.8. The number of benzene rings is 3. The summed E-state index contributed by atoms with van der Waals surface area (Å²) in [6, 6.07) is 29.6. The first-order chi connectivity index (χ1) is 22.8. The van der Waals surface area contributed by atoms with Crippen LogP contribution in [0.15, 0.2) is 175 Å². The van der Waals surface area contributed by atoms with E-state index in [1.807, 2.05) is 0 Å². The van der Waals surface area contributed by atoms with Gasteiger partial charge in [0.25, 0.3) is 0 Å². The van der Waals surface area contributed by atoms with Gasteiger partial charge in [-0.1, -0.05) is 109 Å². The Morgan fingerprint density at radius 3 is 1.78 bits per heavy atom. The van der Waals surface area contributed by atoms with E-state index in [9.17, 15) is 0 Å². The lowest BCUT2D eigenvalue weighted by Crippen LogP contribution is -2.37. The lowest BCUT2D eigenvalue weighted by atomic mass is 9.97. The molecule has 3 atom stereocenters. The average molecular weight is 602 g/mol. The van der Waals surface area contributed by atoms with Crippen molar-refractivity contribution in [2.24, 2.45) is 0 Å². The second-order valence-corrected chi connectivity index (χ2v) is 12.4. The molecule has 46 heavy (non-hydrogen) atoms. The van der Waals surface area contributed by atoms with Crippen LogP contribution in [0.2, 0.25) is 0 Å². The molecule has 3 unspecified atom stereocenters. The van der Waals surface area contributed by atoms with Crippen LogP contribution in [-0.4, -0.2) is 18.1 Å². The summed E-state index contributed by atoms with van der Waals surface area (Å²) in [5.41, 5.74) is 8.89. The van der Waals surface area contributed by atoms with Crippen molar-refractivity contribution in [1.82, 2.24) is 0 Å². The van der Waals surface area contributed by atoms with Crippen molar-refractivity contribution in [3.05, 3.63) is 181 Å². The highest BCUT2D eigenvalue weighted by atomic mass is 15.2. The molecule has 0 saturated carbocycles. The Morgan fingerprint density at radius 1 is 0.543 bits per heavy atom. The zero-order valence-corrected chi connectivity index (χ0v) is 26.7. The van der Waals surface area contributed by atoms with Crippen LogP contribution < -0.4 is 14.7 Å². The first kappa shape index (κ1) is 29.7. The molecule has 0 spiro atoms. The number of para-hydroxylation sites is 2. The van der Waals surface area contributed by atoms with E-state index in [1.54, 1.807) is 0 Å². The lowest BCUT2D eigenvalue weighted by Gasteiger charge is -2.39. The molecular weight excluding hydrogens is 558 g/mol. The van der Waals surface area contributed by atoms with Gasteiger partial charge in [-0.3, -0.25) is 0 Å². The molecule has 0 radical (unpaired) electrons. The van der Waals surface area contributed by atoms with E-state index >= 15 is 0 Å². The summed E-state index contributed by atoms with van der Waals surface area (Å²) in [5.74, 6) is 0. The second-order valence-electron chi connectivity index (χ2n) is 12.4. The zero-order chi connectivity index (χ0) is 31.1. The van der Waals surface area contributed by atoms with Crippen LogP contribution in [0, 0.1) is 6.92 Å². The SMILES string of the molecule is Cc1ccccc1N(C1=CC=CCC1)C1C=CC(N(c2ccc(N(c3ccccc3)C3C=CC=CC3)cc2)C2C=CC=CC2)=CC1. The molecule has 0 fully saturated rings. The third kappa shape index (κ3) is 6.37. The summed E-state index contributed by atoms with van der Waals surface area (Å²) in [6.45, 7) is 2.23. The molecule has 0 aliphatic heterocycles. The molecule has 4 aliphatic carbocycles. The maximum Gasteiger partial charge on any atom is 0.0559 e. The molecule has 3 aromatic carbocycles. The number of hydrogen-bond acceptors (Lipinski definition) is 3. The predicted molar refractivity (Wildman–Crippen MR) is 197 cm³/mol. The molecule has 0 amide bonds.